The molecule has 2 aliphatic rings. The lowest BCUT2D eigenvalue weighted by Crippen LogP contribution is -2.37. The highest BCUT2D eigenvalue weighted by Crippen LogP contribution is 2.30. The van der Waals surface area contributed by atoms with Crippen molar-refractivity contribution in [3.05, 3.63) is 0 Å². The lowest BCUT2D eigenvalue weighted by molar-refractivity contribution is -0.0979. The lowest BCUT2D eigenvalue weighted by Gasteiger charge is -2.36. The van der Waals surface area contributed by atoms with Crippen LogP contribution >= 0.6 is 0 Å². The molecule has 2 rings (SSSR count). The van der Waals surface area contributed by atoms with Crippen LogP contribution in [0.1, 0.15) is 25.7 Å². The van der Waals surface area contributed by atoms with Crippen LogP contribution in [0, 0.1) is 11.8 Å². The van der Waals surface area contributed by atoms with E-state index in [0.29, 0.717) is 0 Å². The van der Waals surface area contributed by atoms with Crippen LogP contribution in [-0.2, 0) is 9.53 Å². The number of rotatable bonds is 1. The third-order valence-electron chi connectivity index (χ3n) is 3.59. The molecule has 88 valence electrons. The van der Waals surface area contributed by atoms with Gasteiger partial charge < -0.3 is 14.4 Å². The molecule has 2 fully saturated rings. The van der Waals surface area contributed by atoms with Gasteiger partial charge in [0.05, 0.1) is 0 Å². The van der Waals surface area contributed by atoms with Gasteiger partial charge in [-0.05, 0) is 51.1 Å². The van der Waals surface area contributed by atoms with Crippen molar-refractivity contribution < 1.29 is 9.53 Å². The third kappa shape index (κ3) is 3.92. The topological polar surface area (TPSA) is 29.5 Å². The van der Waals surface area contributed by atoms with Gasteiger partial charge in [0.1, 0.15) is 6.79 Å². The van der Waals surface area contributed by atoms with Crippen LogP contribution in [0.4, 0.5) is 0 Å². The number of piperidine rings is 1. The van der Waals surface area contributed by atoms with Crippen LogP contribution in [0.15, 0.2) is 0 Å². The Morgan fingerprint density at radius 2 is 1.80 bits per heavy atom. The van der Waals surface area contributed by atoms with E-state index in [2.05, 4.69) is 11.9 Å². The maximum Gasteiger partial charge on any atom is 0.106 e. The zero-order valence-electron chi connectivity index (χ0n) is 9.78. The van der Waals surface area contributed by atoms with Gasteiger partial charge in [0.15, 0.2) is 0 Å². The van der Waals surface area contributed by atoms with E-state index < -0.39 is 0 Å². The van der Waals surface area contributed by atoms with Crippen LogP contribution in [0.5, 0.6) is 0 Å². The van der Waals surface area contributed by atoms with Crippen molar-refractivity contribution in [2.75, 3.05) is 33.4 Å². The highest BCUT2D eigenvalue weighted by atomic mass is 16.5. The predicted molar refractivity (Wildman–Crippen MR) is 60.9 cm³/mol. The van der Waals surface area contributed by atoms with Gasteiger partial charge in [0.25, 0.3) is 0 Å². The molecule has 1 atom stereocenters. The number of nitrogens with zero attached hydrogens (tertiary/aromatic N) is 1. The average molecular weight is 213 g/mol. The normalized spacial score (nSPS) is 29.3. The van der Waals surface area contributed by atoms with Gasteiger partial charge in [0.2, 0.25) is 0 Å². The Bertz CT molecular complexity index is 169. The molecule has 3 heteroatoms. The lowest BCUT2D eigenvalue weighted by atomic mass is 9.81. The summed E-state index contributed by atoms with van der Waals surface area (Å²) in [6, 6.07) is 0. The summed E-state index contributed by atoms with van der Waals surface area (Å²) in [7, 11) is 2.26. The number of likely N-dealkylation sites (tertiary alicyclic amines) is 1. The quantitative estimate of drug-likeness (QED) is 0.662. The Balaban J connectivity index is 0.000000531. The minimum atomic E-state index is 0.955. The summed E-state index contributed by atoms with van der Waals surface area (Å²) in [5.74, 6) is 1.92. The largest absolute Gasteiger partial charge is 0.381 e. The molecule has 1 unspecified atom stereocenters. The summed E-state index contributed by atoms with van der Waals surface area (Å²) in [6.45, 7) is 6.64. The molecule has 0 radical (unpaired) electrons. The molecule has 3 nitrogen and oxygen atoms in total. The molecule has 0 amide bonds. The van der Waals surface area contributed by atoms with Crippen molar-refractivity contribution >= 4 is 6.79 Å². The van der Waals surface area contributed by atoms with Crippen molar-refractivity contribution in [2.24, 2.45) is 11.8 Å². The first-order valence-electron chi connectivity index (χ1n) is 5.91. The minimum absolute atomic E-state index is 0.955. The number of carbonyl (C=O) groups excluding carboxylic acids is 1. The van der Waals surface area contributed by atoms with E-state index in [-0.39, 0.29) is 0 Å². The van der Waals surface area contributed by atoms with Crippen molar-refractivity contribution in [3.8, 4) is 0 Å². The Morgan fingerprint density at radius 1 is 1.13 bits per heavy atom. The molecule has 0 bridgehead atoms. The average Bonchev–Trinajstić information content (AvgIpc) is 2.33. The smallest absolute Gasteiger partial charge is 0.106 e. The fourth-order valence-electron chi connectivity index (χ4n) is 2.78. The standard InChI is InChI=1S/C11H21NO.CH2O/c1-12-6-2-3-11(9-12)10-4-7-13-8-5-10;1-2/h10-11H,2-9H2,1H3;1H2. The first kappa shape index (κ1) is 12.7. The van der Waals surface area contributed by atoms with Gasteiger partial charge >= 0.3 is 0 Å². The van der Waals surface area contributed by atoms with Crippen LogP contribution in [0.25, 0.3) is 0 Å². The monoisotopic (exact) mass is 213 g/mol. The molecule has 2 aliphatic heterocycles. The molecule has 2 heterocycles. The van der Waals surface area contributed by atoms with Gasteiger partial charge in [-0.25, -0.2) is 0 Å². The Morgan fingerprint density at radius 3 is 2.40 bits per heavy atom. The zero-order valence-corrected chi connectivity index (χ0v) is 9.78. The van der Waals surface area contributed by atoms with Crippen LogP contribution in [0.3, 0.4) is 0 Å². The highest BCUT2D eigenvalue weighted by molar-refractivity contribution is 5.10. The van der Waals surface area contributed by atoms with Crippen molar-refractivity contribution in [1.29, 1.82) is 0 Å². The van der Waals surface area contributed by atoms with E-state index in [1.54, 1.807) is 0 Å². The first-order valence-corrected chi connectivity index (χ1v) is 5.91. The highest BCUT2D eigenvalue weighted by Gasteiger charge is 2.26. The van der Waals surface area contributed by atoms with Gasteiger partial charge in [-0.3, -0.25) is 0 Å². The van der Waals surface area contributed by atoms with Gasteiger partial charge in [-0.15, -0.1) is 0 Å². The molecule has 2 saturated heterocycles. The second kappa shape index (κ2) is 6.96. The van der Waals surface area contributed by atoms with Crippen LogP contribution in [0.2, 0.25) is 0 Å². The number of hydrogen-bond donors (Lipinski definition) is 0. The van der Waals surface area contributed by atoms with Crippen LogP contribution < -0.4 is 0 Å². The maximum atomic E-state index is 8.00. The number of hydrogen-bond acceptors (Lipinski definition) is 3. The van der Waals surface area contributed by atoms with Gasteiger partial charge in [-0.1, -0.05) is 0 Å². The molecular formula is C12H23NO2. The molecule has 0 aliphatic carbocycles. The van der Waals surface area contributed by atoms with Gasteiger partial charge in [-0.2, -0.15) is 0 Å². The third-order valence-corrected chi connectivity index (χ3v) is 3.59. The predicted octanol–water partition coefficient (Wildman–Crippen LogP) is 1.57. The molecule has 0 spiro atoms. The molecule has 0 saturated carbocycles. The van der Waals surface area contributed by atoms with Crippen molar-refractivity contribution in [2.45, 2.75) is 25.7 Å². The summed E-state index contributed by atoms with van der Waals surface area (Å²) in [5.41, 5.74) is 0. The molecular weight excluding hydrogens is 190 g/mol. The van der Waals surface area contributed by atoms with E-state index >= 15 is 0 Å². The molecule has 15 heavy (non-hydrogen) atoms. The van der Waals surface area contributed by atoms with E-state index in [9.17, 15) is 0 Å². The zero-order chi connectivity index (χ0) is 11.1. The maximum absolute atomic E-state index is 8.00. The SMILES string of the molecule is C=O.CN1CCCC(C2CCOCC2)C1. The Labute approximate surface area is 92.8 Å². The van der Waals surface area contributed by atoms with E-state index in [0.717, 1.165) is 25.0 Å². The summed E-state index contributed by atoms with van der Waals surface area (Å²) >= 11 is 0. The van der Waals surface area contributed by atoms with Crippen molar-refractivity contribution in [3.63, 3.8) is 0 Å². The van der Waals surface area contributed by atoms with E-state index in [1.807, 2.05) is 6.79 Å². The van der Waals surface area contributed by atoms with Crippen LogP contribution in [-0.4, -0.2) is 45.0 Å². The molecule has 0 aromatic heterocycles. The second-order valence-corrected chi connectivity index (χ2v) is 4.61. The molecule has 0 aromatic carbocycles. The number of carbonyl (C=O) groups is 1. The summed E-state index contributed by atoms with van der Waals surface area (Å²) in [4.78, 5) is 10.5. The summed E-state index contributed by atoms with van der Waals surface area (Å²) in [5, 5.41) is 0. The second-order valence-electron chi connectivity index (χ2n) is 4.61. The minimum Gasteiger partial charge on any atom is -0.381 e. The Kier molecular flexibility index (Phi) is 5.88. The summed E-state index contributed by atoms with van der Waals surface area (Å²) < 4.78 is 5.40. The van der Waals surface area contributed by atoms with Crippen molar-refractivity contribution in [1.82, 2.24) is 4.90 Å². The number of ether oxygens (including phenoxy) is 1. The fourth-order valence-corrected chi connectivity index (χ4v) is 2.78. The molecule has 0 N–H and O–H groups in total. The fraction of sp³-hybridized carbons (Fsp3) is 0.917. The van der Waals surface area contributed by atoms with E-state index in [1.165, 1.54) is 38.8 Å². The molecule has 0 aromatic rings. The summed E-state index contributed by atoms with van der Waals surface area (Å²) in [6.07, 6.45) is 5.46. The first-order chi connectivity index (χ1) is 7.36. The van der Waals surface area contributed by atoms with Gasteiger partial charge in [0, 0.05) is 19.8 Å². The Hall–Kier alpha value is -0.410. The van der Waals surface area contributed by atoms with E-state index in [4.69, 9.17) is 9.53 Å².